The van der Waals surface area contributed by atoms with Crippen molar-refractivity contribution in [1.29, 1.82) is 0 Å². The van der Waals surface area contributed by atoms with Crippen LogP contribution < -0.4 is 0 Å². The lowest BCUT2D eigenvalue weighted by atomic mass is 9.83. The lowest BCUT2D eigenvalue weighted by Gasteiger charge is -2.29. The van der Waals surface area contributed by atoms with Crippen molar-refractivity contribution in [3.63, 3.8) is 0 Å². The Morgan fingerprint density at radius 3 is 2.50 bits per heavy atom. The molecule has 0 spiro atoms. The van der Waals surface area contributed by atoms with Crippen LogP contribution in [0.3, 0.4) is 0 Å². The predicted molar refractivity (Wildman–Crippen MR) is 58.7 cm³/mol. The monoisotopic (exact) mass is 228 g/mol. The normalized spacial score (nSPS) is 11.8. The zero-order valence-corrected chi connectivity index (χ0v) is 9.32. The standard InChI is InChI=1S/C12H17FO3/c1-2-16-9-12(7-14,8-15)10-4-3-5-11(13)6-10/h3-6,14-15H,2,7-9H2,1H3. The van der Waals surface area contributed by atoms with Crippen LogP contribution in [0.15, 0.2) is 24.3 Å². The first-order valence-electron chi connectivity index (χ1n) is 5.24. The Morgan fingerprint density at radius 1 is 1.31 bits per heavy atom. The first kappa shape index (κ1) is 13.1. The lowest BCUT2D eigenvalue weighted by Crippen LogP contribution is -2.39. The average molecular weight is 228 g/mol. The second kappa shape index (κ2) is 5.94. The molecule has 0 atom stereocenters. The van der Waals surface area contributed by atoms with E-state index >= 15 is 0 Å². The molecule has 1 aromatic rings. The molecule has 0 saturated carbocycles. The molecular formula is C12H17FO3. The molecule has 0 aromatic heterocycles. The van der Waals surface area contributed by atoms with Crippen LogP contribution in [0, 0.1) is 5.82 Å². The fourth-order valence-corrected chi connectivity index (χ4v) is 1.52. The van der Waals surface area contributed by atoms with Gasteiger partial charge in [0.15, 0.2) is 0 Å². The Balaban J connectivity index is 2.99. The third-order valence-electron chi connectivity index (χ3n) is 2.62. The topological polar surface area (TPSA) is 49.7 Å². The molecule has 0 amide bonds. The molecule has 1 rings (SSSR count). The molecule has 0 bridgehead atoms. The van der Waals surface area contributed by atoms with Crippen molar-refractivity contribution in [3.8, 4) is 0 Å². The highest BCUT2D eigenvalue weighted by molar-refractivity contribution is 5.26. The fraction of sp³-hybridized carbons (Fsp3) is 0.500. The molecule has 0 radical (unpaired) electrons. The lowest BCUT2D eigenvalue weighted by molar-refractivity contribution is 0.0247. The molecule has 16 heavy (non-hydrogen) atoms. The number of hydrogen-bond donors (Lipinski definition) is 2. The van der Waals surface area contributed by atoms with Crippen molar-refractivity contribution < 1.29 is 19.3 Å². The van der Waals surface area contributed by atoms with Gasteiger partial charge < -0.3 is 14.9 Å². The van der Waals surface area contributed by atoms with Gasteiger partial charge in [0.25, 0.3) is 0 Å². The van der Waals surface area contributed by atoms with Crippen LogP contribution in [-0.2, 0) is 10.2 Å². The summed E-state index contributed by atoms with van der Waals surface area (Å²) in [6.07, 6.45) is 0. The van der Waals surface area contributed by atoms with Crippen molar-refractivity contribution >= 4 is 0 Å². The minimum absolute atomic E-state index is 0.167. The molecule has 0 heterocycles. The van der Waals surface area contributed by atoms with E-state index in [0.717, 1.165) is 0 Å². The number of aliphatic hydroxyl groups is 2. The Hall–Kier alpha value is -0.970. The fourth-order valence-electron chi connectivity index (χ4n) is 1.52. The van der Waals surface area contributed by atoms with Crippen molar-refractivity contribution in [2.24, 2.45) is 0 Å². The van der Waals surface area contributed by atoms with Gasteiger partial charge in [-0.3, -0.25) is 0 Å². The summed E-state index contributed by atoms with van der Waals surface area (Å²) in [5.41, 5.74) is -0.385. The maximum atomic E-state index is 13.1. The van der Waals surface area contributed by atoms with Gasteiger partial charge in [-0.1, -0.05) is 12.1 Å². The van der Waals surface area contributed by atoms with Gasteiger partial charge in [-0.15, -0.1) is 0 Å². The van der Waals surface area contributed by atoms with Gasteiger partial charge >= 0.3 is 0 Å². The molecule has 0 fully saturated rings. The van der Waals surface area contributed by atoms with Crippen molar-refractivity contribution in [2.75, 3.05) is 26.4 Å². The molecule has 0 unspecified atom stereocenters. The quantitative estimate of drug-likeness (QED) is 0.766. The molecule has 2 N–H and O–H groups in total. The first-order valence-corrected chi connectivity index (χ1v) is 5.24. The van der Waals surface area contributed by atoms with E-state index in [1.165, 1.54) is 12.1 Å². The van der Waals surface area contributed by atoms with Gasteiger partial charge in [0.2, 0.25) is 0 Å². The smallest absolute Gasteiger partial charge is 0.123 e. The molecule has 90 valence electrons. The predicted octanol–water partition coefficient (Wildman–Crippen LogP) is 1.08. The summed E-state index contributed by atoms with van der Waals surface area (Å²) in [6, 6.07) is 5.86. The first-order chi connectivity index (χ1) is 7.68. The number of hydrogen-bond acceptors (Lipinski definition) is 3. The van der Waals surface area contributed by atoms with E-state index in [2.05, 4.69) is 0 Å². The summed E-state index contributed by atoms with van der Waals surface area (Å²) < 4.78 is 18.3. The molecule has 0 aliphatic rings. The highest BCUT2D eigenvalue weighted by atomic mass is 19.1. The summed E-state index contributed by atoms with van der Waals surface area (Å²) in [7, 11) is 0. The highest BCUT2D eigenvalue weighted by Gasteiger charge is 2.31. The SMILES string of the molecule is CCOCC(CO)(CO)c1cccc(F)c1. The zero-order chi connectivity index (χ0) is 12.0. The highest BCUT2D eigenvalue weighted by Crippen LogP contribution is 2.24. The van der Waals surface area contributed by atoms with E-state index in [4.69, 9.17) is 4.74 Å². The summed E-state index contributed by atoms with van der Waals surface area (Å²) in [5, 5.41) is 18.8. The van der Waals surface area contributed by atoms with Crippen LogP contribution in [-0.4, -0.2) is 36.6 Å². The number of rotatable bonds is 6. The van der Waals surface area contributed by atoms with E-state index in [9.17, 15) is 14.6 Å². The number of ether oxygens (including phenoxy) is 1. The van der Waals surface area contributed by atoms with Gasteiger partial charge in [-0.2, -0.15) is 0 Å². The minimum Gasteiger partial charge on any atom is -0.395 e. The van der Waals surface area contributed by atoms with Gasteiger partial charge in [0.05, 0.1) is 25.2 Å². The van der Waals surface area contributed by atoms with Crippen LogP contribution >= 0.6 is 0 Å². The second-order valence-electron chi connectivity index (χ2n) is 3.74. The maximum Gasteiger partial charge on any atom is 0.123 e. The van der Waals surface area contributed by atoms with Crippen LogP contribution in [0.5, 0.6) is 0 Å². The van der Waals surface area contributed by atoms with Crippen molar-refractivity contribution in [2.45, 2.75) is 12.3 Å². The van der Waals surface area contributed by atoms with Gasteiger partial charge in [-0.05, 0) is 24.6 Å². The van der Waals surface area contributed by atoms with E-state index < -0.39 is 5.41 Å². The molecule has 0 aliphatic carbocycles. The van der Waals surface area contributed by atoms with Crippen LogP contribution in [0.1, 0.15) is 12.5 Å². The Morgan fingerprint density at radius 2 is 2.00 bits per heavy atom. The van der Waals surface area contributed by atoms with Gasteiger partial charge in [0.1, 0.15) is 5.82 Å². The third-order valence-corrected chi connectivity index (χ3v) is 2.62. The van der Waals surface area contributed by atoms with E-state index in [-0.39, 0.29) is 25.6 Å². The second-order valence-corrected chi connectivity index (χ2v) is 3.74. The van der Waals surface area contributed by atoms with Crippen LogP contribution in [0.4, 0.5) is 4.39 Å². The molecule has 1 aromatic carbocycles. The molecular weight excluding hydrogens is 211 g/mol. The molecule has 0 aliphatic heterocycles. The van der Waals surface area contributed by atoms with Crippen LogP contribution in [0.2, 0.25) is 0 Å². The Bertz CT molecular complexity index is 324. The van der Waals surface area contributed by atoms with E-state index in [0.29, 0.717) is 12.2 Å². The molecule has 4 heteroatoms. The van der Waals surface area contributed by atoms with E-state index in [1.807, 2.05) is 6.92 Å². The van der Waals surface area contributed by atoms with Crippen molar-refractivity contribution in [1.82, 2.24) is 0 Å². The minimum atomic E-state index is -0.932. The van der Waals surface area contributed by atoms with Crippen LogP contribution in [0.25, 0.3) is 0 Å². The summed E-state index contributed by atoms with van der Waals surface area (Å²) in [4.78, 5) is 0. The summed E-state index contributed by atoms with van der Waals surface area (Å²) >= 11 is 0. The van der Waals surface area contributed by atoms with E-state index in [1.54, 1.807) is 12.1 Å². The molecule has 0 saturated heterocycles. The largest absolute Gasteiger partial charge is 0.395 e. The van der Waals surface area contributed by atoms with Crippen molar-refractivity contribution in [3.05, 3.63) is 35.6 Å². The summed E-state index contributed by atoms with van der Waals surface area (Å²) in [6.45, 7) is 1.90. The third kappa shape index (κ3) is 2.78. The van der Waals surface area contributed by atoms with Gasteiger partial charge in [0, 0.05) is 6.61 Å². The average Bonchev–Trinajstić information content (AvgIpc) is 2.31. The molecule has 3 nitrogen and oxygen atoms in total. The number of benzene rings is 1. The Kier molecular flexibility index (Phi) is 4.86. The summed E-state index contributed by atoms with van der Waals surface area (Å²) in [5.74, 6) is -0.389. The number of aliphatic hydroxyl groups excluding tert-OH is 2. The Labute approximate surface area is 94.5 Å². The zero-order valence-electron chi connectivity index (χ0n) is 9.32. The van der Waals surface area contributed by atoms with Gasteiger partial charge in [-0.25, -0.2) is 4.39 Å². The number of halogens is 1. The maximum absolute atomic E-state index is 13.1.